The van der Waals surface area contributed by atoms with Gasteiger partial charge in [0.15, 0.2) is 0 Å². The van der Waals surface area contributed by atoms with E-state index in [2.05, 4.69) is 22.0 Å². The molecule has 116 valence electrons. The van der Waals surface area contributed by atoms with Crippen molar-refractivity contribution in [3.63, 3.8) is 0 Å². The van der Waals surface area contributed by atoms with E-state index in [9.17, 15) is 0 Å². The Hall–Kier alpha value is -0.160. The molecule has 0 amide bonds. The van der Waals surface area contributed by atoms with Crippen LogP contribution in [0.2, 0.25) is 0 Å². The van der Waals surface area contributed by atoms with Gasteiger partial charge in [0.05, 0.1) is 13.2 Å². The molecule has 0 radical (unpaired) electrons. The maximum atomic E-state index is 5.49. The lowest BCUT2D eigenvalue weighted by Crippen LogP contribution is -2.52. The van der Waals surface area contributed by atoms with Crippen LogP contribution in [-0.2, 0) is 4.74 Å². The lowest BCUT2D eigenvalue weighted by atomic mass is 9.89. The number of nitrogens with zero attached hydrogens (tertiary/aromatic N) is 2. The Balaban J connectivity index is 1.54. The van der Waals surface area contributed by atoms with Gasteiger partial charge in [0.1, 0.15) is 0 Å². The Labute approximate surface area is 123 Å². The van der Waals surface area contributed by atoms with Gasteiger partial charge in [-0.1, -0.05) is 19.8 Å². The van der Waals surface area contributed by atoms with Gasteiger partial charge in [-0.3, -0.25) is 9.80 Å². The van der Waals surface area contributed by atoms with Crippen molar-refractivity contribution >= 4 is 0 Å². The highest BCUT2D eigenvalue weighted by Crippen LogP contribution is 2.28. The summed E-state index contributed by atoms with van der Waals surface area (Å²) in [4.78, 5) is 5.45. The molecule has 4 heteroatoms. The number of hydrogen-bond acceptors (Lipinski definition) is 4. The van der Waals surface area contributed by atoms with Crippen LogP contribution < -0.4 is 5.32 Å². The highest BCUT2D eigenvalue weighted by molar-refractivity contribution is 4.94. The van der Waals surface area contributed by atoms with Crippen molar-refractivity contribution in [1.29, 1.82) is 0 Å². The van der Waals surface area contributed by atoms with Crippen molar-refractivity contribution < 1.29 is 4.74 Å². The van der Waals surface area contributed by atoms with E-state index in [0.717, 1.165) is 51.0 Å². The van der Waals surface area contributed by atoms with Gasteiger partial charge < -0.3 is 10.1 Å². The Kier molecular flexibility index (Phi) is 5.32. The first-order chi connectivity index (χ1) is 9.88. The summed E-state index contributed by atoms with van der Waals surface area (Å²) in [5, 5.41) is 3.73. The van der Waals surface area contributed by atoms with Crippen LogP contribution in [-0.4, -0.2) is 73.9 Å². The summed E-state index contributed by atoms with van der Waals surface area (Å²) in [7, 11) is 0. The average Bonchev–Trinajstić information content (AvgIpc) is 2.99. The third kappa shape index (κ3) is 3.35. The first-order valence-corrected chi connectivity index (χ1v) is 8.67. The van der Waals surface area contributed by atoms with Crippen molar-refractivity contribution in [2.45, 2.75) is 57.2 Å². The number of morpholine rings is 1. The predicted molar refractivity (Wildman–Crippen MR) is 82.1 cm³/mol. The van der Waals surface area contributed by atoms with Crippen molar-refractivity contribution in [2.24, 2.45) is 0 Å². The summed E-state index contributed by atoms with van der Waals surface area (Å²) in [6, 6.07) is 2.30. The molecule has 0 spiro atoms. The van der Waals surface area contributed by atoms with Gasteiger partial charge in [-0.05, 0) is 25.8 Å². The number of hydrogen-bond donors (Lipinski definition) is 1. The second kappa shape index (κ2) is 7.21. The molecule has 1 aliphatic carbocycles. The van der Waals surface area contributed by atoms with Crippen LogP contribution in [0.5, 0.6) is 0 Å². The highest BCUT2D eigenvalue weighted by atomic mass is 16.5. The zero-order valence-corrected chi connectivity index (χ0v) is 13.0. The number of ether oxygens (including phenoxy) is 1. The molecule has 3 atom stereocenters. The van der Waals surface area contributed by atoms with E-state index >= 15 is 0 Å². The fraction of sp³-hybridized carbons (Fsp3) is 1.00. The monoisotopic (exact) mass is 281 g/mol. The lowest BCUT2D eigenvalue weighted by molar-refractivity contribution is 0.0165. The summed E-state index contributed by atoms with van der Waals surface area (Å²) >= 11 is 0. The molecule has 2 saturated heterocycles. The summed E-state index contributed by atoms with van der Waals surface area (Å²) in [6.45, 7) is 10.1. The molecule has 4 nitrogen and oxygen atoms in total. The van der Waals surface area contributed by atoms with Crippen LogP contribution in [0.3, 0.4) is 0 Å². The molecule has 0 aromatic heterocycles. The predicted octanol–water partition coefficient (Wildman–Crippen LogP) is 1.31. The minimum Gasteiger partial charge on any atom is -0.379 e. The average molecular weight is 281 g/mol. The van der Waals surface area contributed by atoms with E-state index in [0.29, 0.717) is 0 Å². The molecule has 1 saturated carbocycles. The molecule has 3 rings (SSSR count). The second-order valence-electron chi connectivity index (χ2n) is 6.60. The van der Waals surface area contributed by atoms with Gasteiger partial charge >= 0.3 is 0 Å². The second-order valence-corrected chi connectivity index (χ2v) is 6.60. The maximum Gasteiger partial charge on any atom is 0.0594 e. The van der Waals surface area contributed by atoms with Crippen molar-refractivity contribution in [3.8, 4) is 0 Å². The highest BCUT2D eigenvalue weighted by Gasteiger charge is 2.36. The first kappa shape index (κ1) is 14.8. The largest absolute Gasteiger partial charge is 0.379 e. The van der Waals surface area contributed by atoms with Crippen molar-refractivity contribution in [1.82, 2.24) is 15.1 Å². The topological polar surface area (TPSA) is 27.7 Å². The van der Waals surface area contributed by atoms with Gasteiger partial charge in [-0.2, -0.15) is 0 Å². The lowest BCUT2D eigenvalue weighted by Gasteiger charge is -2.39. The zero-order chi connectivity index (χ0) is 13.8. The quantitative estimate of drug-likeness (QED) is 0.841. The van der Waals surface area contributed by atoms with Crippen LogP contribution in [0.4, 0.5) is 0 Å². The SMILES string of the molecule is CCNC1CCCCC1N1CCC(N2CCOCC2)C1. The molecular weight excluding hydrogens is 250 g/mol. The third-order valence-electron chi connectivity index (χ3n) is 5.42. The van der Waals surface area contributed by atoms with E-state index < -0.39 is 0 Å². The van der Waals surface area contributed by atoms with Crippen LogP contribution in [0.15, 0.2) is 0 Å². The fourth-order valence-corrected chi connectivity index (χ4v) is 4.36. The molecule has 3 fully saturated rings. The Bertz CT molecular complexity index is 291. The van der Waals surface area contributed by atoms with Crippen LogP contribution in [0, 0.1) is 0 Å². The van der Waals surface area contributed by atoms with E-state index in [4.69, 9.17) is 4.74 Å². The van der Waals surface area contributed by atoms with E-state index in [1.165, 1.54) is 45.2 Å². The number of rotatable bonds is 4. The van der Waals surface area contributed by atoms with Crippen LogP contribution in [0.1, 0.15) is 39.0 Å². The Morgan fingerprint density at radius 1 is 1.00 bits per heavy atom. The maximum absolute atomic E-state index is 5.49. The standard InChI is InChI=1S/C16H31N3O/c1-2-17-15-5-3-4-6-16(15)19-8-7-14(13-19)18-9-11-20-12-10-18/h14-17H,2-13H2,1H3. The minimum atomic E-state index is 0.734. The summed E-state index contributed by atoms with van der Waals surface area (Å²) < 4.78 is 5.49. The molecule has 2 aliphatic heterocycles. The van der Waals surface area contributed by atoms with Crippen LogP contribution in [0.25, 0.3) is 0 Å². The Morgan fingerprint density at radius 2 is 1.80 bits per heavy atom. The van der Waals surface area contributed by atoms with Gasteiger partial charge in [0.2, 0.25) is 0 Å². The van der Waals surface area contributed by atoms with E-state index in [1.54, 1.807) is 0 Å². The van der Waals surface area contributed by atoms with Gasteiger partial charge in [0, 0.05) is 44.3 Å². The molecule has 2 heterocycles. The van der Waals surface area contributed by atoms with Gasteiger partial charge in [-0.15, -0.1) is 0 Å². The zero-order valence-electron chi connectivity index (χ0n) is 13.0. The van der Waals surface area contributed by atoms with Gasteiger partial charge in [-0.25, -0.2) is 0 Å². The molecule has 20 heavy (non-hydrogen) atoms. The minimum absolute atomic E-state index is 0.734. The number of nitrogens with one attached hydrogen (secondary N) is 1. The molecule has 0 aromatic rings. The first-order valence-electron chi connectivity index (χ1n) is 8.67. The normalized spacial score (nSPS) is 37.4. The van der Waals surface area contributed by atoms with E-state index in [1.807, 2.05) is 0 Å². The van der Waals surface area contributed by atoms with E-state index in [-0.39, 0.29) is 0 Å². The molecule has 3 aliphatic rings. The summed E-state index contributed by atoms with van der Waals surface area (Å²) in [5.74, 6) is 0. The smallest absolute Gasteiger partial charge is 0.0594 e. The number of likely N-dealkylation sites (tertiary alicyclic amines) is 1. The molecule has 0 aromatic carbocycles. The molecule has 1 N–H and O–H groups in total. The van der Waals surface area contributed by atoms with Crippen LogP contribution >= 0.6 is 0 Å². The third-order valence-corrected chi connectivity index (χ3v) is 5.42. The van der Waals surface area contributed by atoms with Gasteiger partial charge in [0.25, 0.3) is 0 Å². The number of likely N-dealkylation sites (N-methyl/N-ethyl adjacent to an activating group) is 1. The van der Waals surface area contributed by atoms with Crippen molar-refractivity contribution in [3.05, 3.63) is 0 Å². The molecule has 3 unspecified atom stereocenters. The summed E-state index contributed by atoms with van der Waals surface area (Å²) in [5.41, 5.74) is 0. The molecular formula is C16H31N3O. The Morgan fingerprint density at radius 3 is 2.60 bits per heavy atom. The molecule has 0 bridgehead atoms. The fourth-order valence-electron chi connectivity index (χ4n) is 4.36. The van der Waals surface area contributed by atoms with Crippen molar-refractivity contribution in [2.75, 3.05) is 45.9 Å². The summed E-state index contributed by atoms with van der Waals surface area (Å²) in [6.07, 6.45) is 6.96.